The zero-order chi connectivity index (χ0) is 17.7. The summed E-state index contributed by atoms with van der Waals surface area (Å²) in [7, 11) is -1.75. The number of nitrogens with zero attached hydrogens (tertiary/aromatic N) is 2. The van der Waals surface area contributed by atoms with Gasteiger partial charge in [-0.1, -0.05) is 18.2 Å². The molecule has 0 aliphatic carbocycles. The molecule has 7 heteroatoms. The van der Waals surface area contributed by atoms with E-state index in [4.69, 9.17) is 4.74 Å². The van der Waals surface area contributed by atoms with Crippen molar-refractivity contribution in [3.8, 4) is 0 Å². The molecule has 0 aromatic heterocycles. The number of hydrogen-bond donors (Lipinski definition) is 0. The molecule has 1 aliphatic rings. The van der Waals surface area contributed by atoms with E-state index in [0.717, 1.165) is 12.1 Å². The summed E-state index contributed by atoms with van der Waals surface area (Å²) in [5.74, 6) is -0.0344. The molecule has 0 saturated carbocycles. The summed E-state index contributed by atoms with van der Waals surface area (Å²) >= 11 is 0. The van der Waals surface area contributed by atoms with Crippen LogP contribution in [0.5, 0.6) is 0 Å². The van der Waals surface area contributed by atoms with Gasteiger partial charge in [0.05, 0.1) is 6.26 Å². The summed E-state index contributed by atoms with van der Waals surface area (Å²) < 4.78 is 30.1. The first-order chi connectivity index (χ1) is 11.3. The summed E-state index contributed by atoms with van der Waals surface area (Å²) in [5, 5.41) is 0. The summed E-state index contributed by atoms with van der Waals surface area (Å²) in [4.78, 5) is 14.5. The van der Waals surface area contributed by atoms with Crippen LogP contribution in [0, 0.1) is 0 Å². The number of benzene rings is 1. The molecule has 2 rings (SSSR count). The number of hydrogen-bond acceptors (Lipinski definition) is 4. The minimum Gasteiger partial charge on any atom is -0.385 e. The van der Waals surface area contributed by atoms with Crippen LogP contribution in [0.3, 0.4) is 0 Å². The first-order valence-electron chi connectivity index (χ1n) is 8.18. The summed E-state index contributed by atoms with van der Waals surface area (Å²) in [6.45, 7) is 3.08. The highest BCUT2D eigenvalue weighted by molar-refractivity contribution is 7.88. The van der Waals surface area contributed by atoms with Crippen LogP contribution in [0.1, 0.15) is 25.3 Å². The van der Waals surface area contributed by atoms with E-state index in [9.17, 15) is 13.2 Å². The quantitative estimate of drug-likeness (QED) is 0.666. The molecule has 0 spiro atoms. The first-order valence-corrected chi connectivity index (χ1v) is 10.0. The molecular weight excluding hydrogens is 328 g/mol. The number of para-hydroxylation sites is 1. The van der Waals surface area contributed by atoms with Gasteiger partial charge in [0.15, 0.2) is 0 Å². The van der Waals surface area contributed by atoms with Gasteiger partial charge in [-0.3, -0.25) is 4.79 Å². The Bertz CT molecular complexity index is 675. The Morgan fingerprint density at radius 3 is 2.71 bits per heavy atom. The lowest BCUT2D eigenvalue weighted by Gasteiger charge is -2.25. The van der Waals surface area contributed by atoms with Gasteiger partial charge < -0.3 is 9.64 Å². The molecule has 0 fully saturated rings. The number of amides is 1. The van der Waals surface area contributed by atoms with E-state index >= 15 is 0 Å². The lowest BCUT2D eigenvalue weighted by atomic mass is 10.1. The van der Waals surface area contributed by atoms with E-state index in [-0.39, 0.29) is 24.9 Å². The molecule has 1 heterocycles. The number of rotatable bonds is 8. The van der Waals surface area contributed by atoms with Gasteiger partial charge in [0, 0.05) is 45.0 Å². The third-order valence-corrected chi connectivity index (χ3v) is 5.58. The van der Waals surface area contributed by atoms with Crippen molar-refractivity contribution >= 4 is 21.6 Å². The maximum Gasteiger partial charge on any atom is 0.228 e. The molecule has 0 saturated heterocycles. The fourth-order valence-electron chi connectivity index (χ4n) is 3.12. The van der Waals surface area contributed by atoms with Gasteiger partial charge in [0.25, 0.3) is 0 Å². The third kappa shape index (κ3) is 4.55. The van der Waals surface area contributed by atoms with Crippen molar-refractivity contribution in [2.45, 2.75) is 32.2 Å². The highest BCUT2D eigenvalue weighted by Crippen LogP contribution is 2.32. The second kappa shape index (κ2) is 8.09. The van der Waals surface area contributed by atoms with Crippen LogP contribution >= 0.6 is 0 Å². The van der Waals surface area contributed by atoms with Crippen molar-refractivity contribution in [3.05, 3.63) is 29.8 Å². The summed E-state index contributed by atoms with van der Waals surface area (Å²) in [6, 6.07) is 7.98. The summed E-state index contributed by atoms with van der Waals surface area (Å²) in [6.07, 6.45) is 2.81. The van der Waals surface area contributed by atoms with E-state index in [1.807, 2.05) is 31.2 Å². The smallest absolute Gasteiger partial charge is 0.228 e. The van der Waals surface area contributed by atoms with E-state index in [0.29, 0.717) is 19.6 Å². The maximum atomic E-state index is 12.7. The zero-order valence-electron chi connectivity index (χ0n) is 14.6. The number of fused-ring (bicyclic) bond motifs is 1. The summed E-state index contributed by atoms with van der Waals surface area (Å²) in [5.41, 5.74) is 2.11. The van der Waals surface area contributed by atoms with E-state index < -0.39 is 10.0 Å². The molecule has 1 aromatic carbocycles. The van der Waals surface area contributed by atoms with Crippen LogP contribution in [0.2, 0.25) is 0 Å². The van der Waals surface area contributed by atoms with Crippen LogP contribution in [-0.4, -0.2) is 57.7 Å². The lowest BCUT2D eigenvalue weighted by molar-refractivity contribution is -0.119. The Hall–Kier alpha value is -1.44. The van der Waals surface area contributed by atoms with Crippen molar-refractivity contribution in [3.63, 3.8) is 0 Å². The number of sulfonamides is 1. The molecule has 0 N–H and O–H groups in total. The predicted molar refractivity (Wildman–Crippen MR) is 94.6 cm³/mol. The number of methoxy groups -OCH3 is 1. The Morgan fingerprint density at radius 2 is 2.04 bits per heavy atom. The number of carbonyl (C=O) groups is 1. The lowest BCUT2D eigenvalue weighted by Crippen LogP contribution is -2.39. The van der Waals surface area contributed by atoms with Crippen LogP contribution in [0.15, 0.2) is 24.3 Å². The molecule has 134 valence electrons. The SMILES string of the molecule is COCCCN(CCC(=O)N1c2ccccc2CC1C)S(C)(=O)=O. The van der Waals surface area contributed by atoms with E-state index in [2.05, 4.69) is 0 Å². The Labute approximate surface area is 144 Å². The van der Waals surface area contributed by atoms with E-state index in [1.54, 1.807) is 12.0 Å². The van der Waals surface area contributed by atoms with Crippen molar-refractivity contribution in [1.82, 2.24) is 4.31 Å². The molecule has 1 amide bonds. The fourth-order valence-corrected chi connectivity index (χ4v) is 4.00. The van der Waals surface area contributed by atoms with Gasteiger partial charge in [-0.15, -0.1) is 0 Å². The second-order valence-corrected chi connectivity index (χ2v) is 8.19. The van der Waals surface area contributed by atoms with Gasteiger partial charge >= 0.3 is 0 Å². The molecule has 1 unspecified atom stereocenters. The number of anilines is 1. The minimum absolute atomic E-state index is 0.0344. The average Bonchev–Trinajstić information content (AvgIpc) is 2.85. The van der Waals surface area contributed by atoms with Crippen molar-refractivity contribution < 1.29 is 17.9 Å². The van der Waals surface area contributed by atoms with Crippen LogP contribution < -0.4 is 4.90 Å². The van der Waals surface area contributed by atoms with Gasteiger partial charge in [0.2, 0.25) is 15.9 Å². The van der Waals surface area contributed by atoms with Crippen LogP contribution in [-0.2, 0) is 26.0 Å². The Kier molecular flexibility index (Phi) is 6.37. The highest BCUT2D eigenvalue weighted by Gasteiger charge is 2.30. The fraction of sp³-hybridized carbons (Fsp3) is 0.588. The van der Waals surface area contributed by atoms with Crippen molar-refractivity contribution in [2.75, 3.05) is 38.0 Å². The standard InChI is InChI=1S/C17H26N2O4S/c1-14-13-15-7-4-5-8-16(15)19(14)17(20)9-11-18(24(3,21)22)10-6-12-23-2/h4-5,7-8,14H,6,9-13H2,1-3H3. The largest absolute Gasteiger partial charge is 0.385 e. The van der Waals surface area contributed by atoms with Gasteiger partial charge in [-0.25, -0.2) is 12.7 Å². The molecule has 1 aromatic rings. The zero-order valence-corrected chi connectivity index (χ0v) is 15.4. The average molecular weight is 354 g/mol. The second-order valence-electron chi connectivity index (χ2n) is 6.20. The maximum absolute atomic E-state index is 12.7. The molecule has 1 atom stereocenters. The molecule has 6 nitrogen and oxygen atoms in total. The number of ether oxygens (including phenoxy) is 1. The predicted octanol–water partition coefficient (Wildman–Crippen LogP) is 1.65. The van der Waals surface area contributed by atoms with Crippen LogP contribution in [0.4, 0.5) is 5.69 Å². The first kappa shape index (κ1) is 18.9. The van der Waals surface area contributed by atoms with E-state index in [1.165, 1.54) is 16.1 Å². The van der Waals surface area contributed by atoms with Crippen molar-refractivity contribution in [2.24, 2.45) is 0 Å². The Morgan fingerprint density at radius 1 is 1.33 bits per heavy atom. The third-order valence-electron chi connectivity index (χ3n) is 4.28. The molecule has 0 bridgehead atoms. The molecular formula is C17H26N2O4S. The molecule has 1 aliphatic heterocycles. The molecule has 24 heavy (non-hydrogen) atoms. The normalized spacial score (nSPS) is 17.3. The van der Waals surface area contributed by atoms with Gasteiger partial charge in [-0.2, -0.15) is 0 Å². The highest BCUT2D eigenvalue weighted by atomic mass is 32.2. The number of carbonyl (C=O) groups excluding carboxylic acids is 1. The van der Waals surface area contributed by atoms with Gasteiger partial charge in [0.1, 0.15) is 0 Å². The van der Waals surface area contributed by atoms with Gasteiger partial charge in [-0.05, 0) is 31.4 Å². The van der Waals surface area contributed by atoms with Crippen LogP contribution in [0.25, 0.3) is 0 Å². The monoisotopic (exact) mass is 354 g/mol. The minimum atomic E-state index is -3.33. The molecule has 0 radical (unpaired) electrons. The topological polar surface area (TPSA) is 66.9 Å². The van der Waals surface area contributed by atoms with Crippen molar-refractivity contribution in [1.29, 1.82) is 0 Å². The Balaban J connectivity index is 2.01.